The van der Waals surface area contributed by atoms with Gasteiger partial charge in [-0.1, -0.05) is 25.5 Å². The predicted octanol–water partition coefficient (Wildman–Crippen LogP) is 2.05. The van der Waals surface area contributed by atoms with E-state index in [1.165, 1.54) is 12.0 Å². The number of likely N-dealkylation sites (tertiary alicyclic amines) is 1. The van der Waals surface area contributed by atoms with E-state index in [1.807, 2.05) is 13.0 Å². The molecule has 1 saturated heterocycles. The first-order valence-corrected chi connectivity index (χ1v) is 14.8. The molecule has 10 heteroatoms. The molecule has 0 aromatic carbocycles. The fourth-order valence-corrected chi connectivity index (χ4v) is 8.93. The summed E-state index contributed by atoms with van der Waals surface area (Å²) in [5.74, 6) is -2.25. The normalized spacial score (nSPS) is 39.3. The number of rotatable bonds is 7. The zero-order chi connectivity index (χ0) is 29.7. The lowest BCUT2D eigenvalue weighted by atomic mass is 9.46. The van der Waals surface area contributed by atoms with Gasteiger partial charge in [-0.25, -0.2) is 4.79 Å². The van der Waals surface area contributed by atoms with Gasteiger partial charge in [-0.05, 0) is 68.9 Å². The zero-order valence-corrected chi connectivity index (χ0v) is 24.1. The molecule has 8 atom stereocenters. The molecule has 0 spiro atoms. The molecule has 10 nitrogen and oxygen atoms in total. The molecule has 3 saturated carbocycles. The Kier molecular flexibility index (Phi) is 7.78. The van der Waals surface area contributed by atoms with Crippen LogP contribution in [0.25, 0.3) is 0 Å². The van der Waals surface area contributed by atoms with Crippen molar-refractivity contribution in [3.8, 4) is 0 Å². The van der Waals surface area contributed by atoms with Crippen molar-refractivity contribution in [3.05, 3.63) is 23.8 Å². The number of hydrogen-bond acceptors (Lipinski definition) is 9. The van der Waals surface area contributed by atoms with Crippen LogP contribution >= 0.6 is 0 Å². The van der Waals surface area contributed by atoms with Crippen LogP contribution in [0.4, 0.5) is 0 Å². The van der Waals surface area contributed by atoms with Crippen LogP contribution in [0.1, 0.15) is 71.6 Å². The van der Waals surface area contributed by atoms with E-state index in [2.05, 4.69) is 6.92 Å². The smallest absolute Gasteiger partial charge is 0.328 e. The number of carbonyl (C=O) groups is 5. The maximum absolute atomic E-state index is 13.4. The lowest BCUT2D eigenvalue weighted by molar-refractivity contribution is -0.181. The molecule has 0 radical (unpaired) electrons. The van der Waals surface area contributed by atoms with Crippen LogP contribution in [0.15, 0.2) is 23.8 Å². The third kappa shape index (κ3) is 4.76. The SMILES string of the molecule is COC(=O)[C@@H]1CCCN1C(=O)CCC(=O)OCC(=O)[C@@]1(O)CC[C@H]2[C@@H]3CCC4=CC(=O)C=C[C@]4(C)[C@H]3[C@@H](O)C[C@@]21C. The van der Waals surface area contributed by atoms with Gasteiger partial charge in [0.25, 0.3) is 0 Å². The Balaban J connectivity index is 1.20. The van der Waals surface area contributed by atoms with E-state index in [-0.39, 0.29) is 55.1 Å². The van der Waals surface area contributed by atoms with Crippen molar-refractivity contribution in [2.45, 2.75) is 89.4 Å². The highest BCUT2D eigenvalue weighted by Crippen LogP contribution is 2.67. The first-order chi connectivity index (χ1) is 19.4. The molecule has 0 unspecified atom stereocenters. The molecular weight excluding hydrogens is 530 g/mol. The van der Waals surface area contributed by atoms with Crippen molar-refractivity contribution in [2.75, 3.05) is 20.3 Å². The molecule has 5 aliphatic rings. The van der Waals surface area contributed by atoms with E-state index in [0.717, 1.165) is 18.4 Å². The molecule has 4 aliphatic carbocycles. The summed E-state index contributed by atoms with van der Waals surface area (Å²) in [4.78, 5) is 63.8. The number of ketones is 2. The van der Waals surface area contributed by atoms with Crippen molar-refractivity contribution in [1.29, 1.82) is 0 Å². The number of hydrogen-bond donors (Lipinski definition) is 2. The third-order valence-corrected chi connectivity index (χ3v) is 11.1. The van der Waals surface area contributed by atoms with Gasteiger partial charge in [0.2, 0.25) is 11.7 Å². The van der Waals surface area contributed by atoms with Crippen LogP contribution in [-0.2, 0) is 33.4 Å². The highest BCUT2D eigenvalue weighted by atomic mass is 16.5. The minimum Gasteiger partial charge on any atom is -0.467 e. The summed E-state index contributed by atoms with van der Waals surface area (Å²) in [6.07, 6.45) is 7.75. The second kappa shape index (κ2) is 10.8. The van der Waals surface area contributed by atoms with Gasteiger partial charge in [0.15, 0.2) is 12.4 Å². The van der Waals surface area contributed by atoms with Crippen molar-refractivity contribution in [3.63, 3.8) is 0 Å². The van der Waals surface area contributed by atoms with E-state index in [4.69, 9.17) is 9.47 Å². The predicted molar refractivity (Wildman–Crippen MR) is 145 cm³/mol. The minimum atomic E-state index is -1.75. The van der Waals surface area contributed by atoms with E-state index in [1.54, 1.807) is 12.2 Å². The standard InChI is InChI=1S/C31H41NO9/c1-29-12-10-19(33)15-18(29)6-7-20-21-11-13-31(39,30(21,2)16-23(34)27(20)29)24(35)17-41-26(37)9-8-25(36)32-14-4-5-22(32)28(38)40-3/h10,12,15,20-23,27,34,39H,4-9,11,13-14,16-17H2,1-3H3/t20-,21-,22-,23-,27+,29-,30-,31-/m0/s1. The summed E-state index contributed by atoms with van der Waals surface area (Å²) in [7, 11) is 1.27. The number of carbonyl (C=O) groups excluding carboxylic acids is 5. The second-order valence-corrected chi connectivity index (χ2v) is 13.0. The summed E-state index contributed by atoms with van der Waals surface area (Å²) in [5.41, 5.74) is -2.05. The van der Waals surface area contributed by atoms with Gasteiger partial charge in [-0.2, -0.15) is 0 Å². The minimum absolute atomic E-state index is 0.00852. The second-order valence-electron chi connectivity index (χ2n) is 13.0. The van der Waals surface area contributed by atoms with Crippen LogP contribution in [0.3, 0.4) is 0 Å². The molecule has 1 heterocycles. The average molecular weight is 572 g/mol. The quantitative estimate of drug-likeness (QED) is 0.438. The Hall–Kier alpha value is -2.85. The van der Waals surface area contributed by atoms with Crippen molar-refractivity contribution >= 4 is 29.4 Å². The molecule has 41 heavy (non-hydrogen) atoms. The molecule has 0 aromatic rings. The molecule has 0 aromatic heterocycles. The number of Topliss-reactive ketones (excluding diaryl/α,β-unsaturated/α-hetero) is 1. The van der Waals surface area contributed by atoms with Crippen LogP contribution in [0, 0.1) is 28.6 Å². The number of amides is 1. The molecule has 2 N–H and O–H groups in total. The number of esters is 2. The molecule has 4 fully saturated rings. The molecule has 1 amide bonds. The van der Waals surface area contributed by atoms with Crippen molar-refractivity contribution in [1.82, 2.24) is 4.90 Å². The number of methoxy groups -OCH3 is 1. The number of allylic oxidation sites excluding steroid dienone is 4. The Morgan fingerprint density at radius 3 is 2.61 bits per heavy atom. The summed E-state index contributed by atoms with van der Waals surface area (Å²) >= 11 is 0. The Morgan fingerprint density at radius 1 is 1.12 bits per heavy atom. The average Bonchev–Trinajstić information content (AvgIpc) is 3.53. The Labute approximate surface area is 240 Å². The lowest BCUT2D eigenvalue weighted by Gasteiger charge is -2.59. The third-order valence-electron chi connectivity index (χ3n) is 11.1. The lowest BCUT2D eigenvalue weighted by Crippen LogP contribution is -2.61. The number of aliphatic hydroxyl groups excluding tert-OH is 1. The van der Waals surface area contributed by atoms with E-state index in [9.17, 15) is 34.2 Å². The summed E-state index contributed by atoms with van der Waals surface area (Å²) < 4.78 is 9.98. The number of fused-ring (bicyclic) bond motifs is 5. The molecule has 0 bridgehead atoms. The van der Waals surface area contributed by atoms with Gasteiger partial charge in [-0.15, -0.1) is 0 Å². The molecular formula is C31H41NO9. The van der Waals surface area contributed by atoms with Gasteiger partial charge in [0.1, 0.15) is 11.6 Å². The van der Waals surface area contributed by atoms with Crippen LogP contribution in [0.2, 0.25) is 0 Å². The first-order valence-electron chi connectivity index (χ1n) is 14.8. The van der Waals surface area contributed by atoms with Crippen LogP contribution in [-0.4, -0.2) is 82.5 Å². The van der Waals surface area contributed by atoms with Gasteiger partial charge < -0.3 is 24.6 Å². The fraction of sp³-hybridized carbons (Fsp3) is 0.710. The van der Waals surface area contributed by atoms with Gasteiger partial charge in [-0.3, -0.25) is 19.2 Å². The maximum Gasteiger partial charge on any atom is 0.328 e. The molecule has 5 rings (SSSR count). The van der Waals surface area contributed by atoms with Crippen molar-refractivity contribution in [2.24, 2.45) is 28.6 Å². The first kappa shape index (κ1) is 29.6. The number of nitrogens with zero attached hydrogens (tertiary/aromatic N) is 1. The topological polar surface area (TPSA) is 148 Å². The highest BCUT2D eigenvalue weighted by Gasteiger charge is 2.68. The maximum atomic E-state index is 13.4. The zero-order valence-electron chi connectivity index (χ0n) is 24.1. The summed E-state index contributed by atoms with van der Waals surface area (Å²) in [6, 6.07) is -0.646. The molecule has 224 valence electrons. The number of ether oxygens (including phenoxy) is 2. The van der Waals surface area contributed by atoms with E-state index >= 15 is 0 Å². The van der Waals surface area contributed by atoms with Crippen LogP contribution in [0.5, 0.6) is 0 Å². The largest absolute Gasteiger partial charge is 0.467 e. The molecule has 1 aliphatic heterocycles. The Bertz CT molecular complexity index is 1210. The summed E-state index contributed by atoms with van der Waals surface area (Å²) in [5, 5.41) is 23.3. The number of aliphatic hydroxyl groups is 2. The van der Waals surface area contributed by atoms with Crippen LogP contribution < -0.4 is 0 Å². The van der Waals surface area contributed by atoms with Gasteiger partial charge >= 0.3 is 11.9 Å². The Morgan fingerprint density at radius 2 is 1.88 bits per heavy atom. The monoisotopic (exact) mass is 571 g/mol. The van der Waals surface area contributed by atoms with Gasteiger partial charge in [0.05, 0.1) is 19.6 Å². The van der Waals surface area contributed by atoms with Gasteiger partial charge in [0, 0.05) is 29.7 Å². The highest BCUT2D eigenvalue weighted by molar-refractivity contribution is 6.01. The summed E-state index contributed by atoms with van der Waals surface area (Å²) in [6.45, 7) is 3.74. The van der Waals surface area contributed by atoms with Crippen molar-refractivity contribution < 1.29 is 43.7 Å². The fourth-order valence-electron chi connectivity index (χ4n) is 8.93. The van der Waals surface area contributed by atoms with E-state index < -0.39 is 52.9 Å². The van der Waals surface area contributed by atoms with E-state index in [0.29, 0.717) is 25.8 Å².